The quantitative estimate of drug-likeness (QED) is 0.584. The molecular weight excluding hydrogens is 236 g/mol. The fourth-order valence-corrected chi connectivity index (χ4v) is 1.36. The summed E-state index contributed by atoms with van der Waals surface area (Å²) in [6.07, 6.45) is 0. The molecule has 0 heterocycles. The number of nitrogens with one attached hydrogen (secondary N) is 1. The predicted molar refractivity (Wildman–Crippen MR) is 67.2 cm³/mol. The Bertz CT molecular complexity index is 384. The standard InChI is InChI=1S/C12H18N2O4/c1-17-7-10(6-15)14-12(16)8-18-11-4-2-3-9(13)5-11/h2-5,10,15H,6-8,13H2,1H3,(H,14,16). The Labute approximate surface area is 106 Å². The molecule has 1 atom stereocenters. The number of hydrogen-bond acceptors (Lipinski definition) is 5. The molecule has 0 aromatic heterocycles. The lowest BCUT2D eigenvalue weighted by Gasteiger charge is -2.15. The third-order valence-corrected chi connectivity index (χ3v) is 2.18. The highest BCUT2D eigenvalue weighted by molar-refractivity contribution is 5.77. The van der Waals surface area contributed by atoms with Crippen LogP contribution in [0.1, 0.15) is 0 Å². The van der Waals surface area contributed by atoms with Crippen molar-refractivity contribution < 1.29 is 19.4 Å². The van der Waals surface area contributed by atoms with Gasteiger partial charge >= 0.3 is 0 Å². The van der Waals surface area contributed by atoms with Crippen molar-refractivity contribution in [3.8, 4) is 5.75 Å². The maximum absolute atomic E-state index is 11.5. The van der Waals surface area contributed by atoms with Gasteiger partial charge < -0.3 is 25.6 Å². The van der Waals surface area contributed by atoms with E-state index in [1.54, 1.807) is 24.3 Å². The summed E-state index contributed by atoms with van der Waals surface area (Å²) in [5.41, 5.74) is 6.15. The molecule has 100 valence electrons. The summed E-state index contributed by atoms with van der Waals surface area (Å²) < 4.78 is 10.1. The van der Waals surface area contributed by atoms with Crippen LogP contribution in [-0.2, 0) is 9.53 Å². The molecule has 0 aliphatic heterocycles. The molecular formula is C12H18N2O4. The van der Waals surface area contributed by atoms with Crippen LogP contribution in [0.25, 0.3) is 0 Å². The van der Waals surface area contributed by atoms with E-state index in [1.165, 1.54) is 7.11 Å². The van der Waals surface area contributed by atoms with Crippen LogP contribution in [-0.4, -0.2) is 44.0 Å². The van der Waals surface area contributed by atoms with E-state index in [0.717, 1.165) is 0 Å². The average molecular weight is 254 g/mol. The third-order valence-electron chi connectivity index (χ3n) is 2.18. The third kappa shape index (κ3) is 5.03. The van der Waals surface area contributed by atoms with E-state index in [2.05, 4.69) is 5.32 Å². The molecule has 0 aliphatic carbocycles. The summed E-state index contributed by atoms with van der Waals surface area (Å²) >= 11 is 0. The smallest absolute Gasteiger partial charge is 0.258 e. The summed E-state index contributed by atoms with van der Waals surface area (Å²) in [5.74, 6) is 0.200. The van der Waals surface area contributed by atoms with Crippen LogP contribution in [0.4, 0.5) is 5.69 Å². The van der Waals surface area contributed by atoms with Crippen molar-refractivity contribution in [1.29, 1.82) is 0 Å². The second kappa shape index (κ2) is 7.52. The second-order valence-electron chi connectivity index (χ2n) is 3.76. The van der Waals surface area contributed by atoms with Gasteiger partial charge in [-0.1, -0.05) is 6.07 Å². The van der Waals surface area contributed by atoms with Gasteiger partial charge in [-0.3, -0.25) is 4.79 Å². The van der Waals surface area contributed by atoms with Gasteiger partial charge in [-0.2, -0.15) is 0 Å². The van der Waals surface area contributed by atoms with Gasteiger partial charge in [0, 0.05) is 18.9 Å². The second-order valence-corrected chi connectivity index (χ2v) is 3.76. The Morgan fingerprint density at radius 2 is 2.33 bits per heavy atom. The molecule has 0 spiro atoms. The zero-order valence-electron chi connectivity index (χ0n) is 10.3. The van der Waals surface area contributed by atoms with Gasteiger partial charge in [0.15, 0.2) is 6.61 Å². The maximum Gasteiger partial charge on any atom is 0.258 e. The number of aliphatic hydroxyl groups is 1. The number of ether oxygens (including phenoxy) is 2. The highest BCUT2D eigenvalue weighted by atomic mass is 16.5. The van der Waals surface area contributed by atoms with Gasteiger partial charge in [-0.15, -0.1) is 0 Å². The zero-order chi connectivity index (χ0) is 13.4. The summed E-state index contributed by atoms with van der Waals surface area (Å²) in [6, 6.07) is 6.39. The molecule has 4 N–H and O–H groups in total. The van der Waals surface area contributed by atoms with Crippen molar-refractivity contribution in [3.63, 3.8) is 0 Å². The predicted octanol–water partition coefficient (Wildman–Crippen LogP) is -0.229. The number of carbonyl (C=O) groups is 1. The highest BCUT2D eigenvalue weighted by Gasteiger charge is 2.11. The van der Waals surface area contributed by atoms with Gasteiger partial charge in [-0.25, -0.2) is 0 Å². The van der Waals surface area contributed by atoms with Crippen LogP contribution in [0.15, 0.2) is 24.3 Å². The molecule has 1 amide bonds. The topological polar surface area (TPSA) is 93.8 Å². The summed E-state index contributed by atoms with van der Waals surface area (Å²) in [5, 5.41) is 11.6. The van der Waals surface area contributed by atoms with Crippen molar-refractivity contribution in [3.05, 3.63) is 24.3 Å². The number of aliphatic hydroxyl groups excluding tert-OH is 1. The normalized spacial score (nSPS) is 11.9. The SMILES string of the molecule is COCC(CO)NC(=O)COc1cccc(N)c1. The largest absolute Gasteiger partial charge is 0.484 e. The molecule has 6 nitrogen and oxygen atoms in total. The van der Waals surface area contributed by atoms with E-state index in [1.807, 2.05) is 0 Å². The first-order chi connectivity index (χ1) is 8.65. The van der Waals surface area contributed by atoms with Crippen molar-refractivity contribution in [2.45, 2.75) is 6.04 Å². The van der Waals surface area contributed by atoms with Crippen LogP contribution in [0.2, 0.25) is 0 Å². The molecule has 1 aromatic rings. The zero-order valence-corrected chi connectivity index (χ0v) is 10.3. The van der Waals surface area contributed by atoms with Crippen LogP contribution in [0.3, 0.4) is 0 Å². The molecule has 6 heteroatoms. The van der Waals surface area contributed by atoms with E-state index >= 15 is 0 Å². The first kappa shape index (κ1) is 14.3. The Kier molecular flexibility index (Phi) is 5.96. The van der Waals surface area contributed by atoms with Gasteiger partial charge in [-0.05, 0) is 12.1 Å². The van der Waals surface area contributed by atoms with Crippen LogP contribution < -0.4 is 15.8 Å². The fourth-order valence-electron chi connectivity index (χ4n) is 1.36. The highest BCUT2D eigenvalue weighted by Crippen LogP contribution is 2.13. The lowest BCUT2D eigenvalue weighted by atomic mass is 10.3. The van der Waals surface area contributed by atoms with Gasteiger partial charge in [0.05, 0.1) is 19.3 Å². The summed E-state index contributed by atoms with van der Waals surface area (Å²) in [6.45, 7) is -0.0674. The number of amides is 1. The minimum atomic E-state index is -0.424. The molecule has 0 fully saturated rings. The minimum absolute atomic E-state index is 0.135. The first-order valence-electron chi connectivity index (χ1n) is 5.53. The molecule has 1 aromatic carbocycles. The maximum atomic E-state index is 11.5. The number of methoxy groups -OCH3 is 1. The average Bonchev–Trinajstić information content (AvgIpc) is 2.36. The molecule has 0 aliphatic rings. The number of anilines is 1. The number of nitrogens with two attached hydrogens (primary N) is 1. The number of hydrogen-bond donors (Lipinski definition) is 3. The number of rotatable bonds is 7. The van der Waals surface area contributed by atoms with Crippen LogP contribution in [0.5, 0.6) is 5.75 Å². The molecule has 1 unspecified atom stereocenters. The van der Waals surface area contributed by atoms with Crippen molar-refractivity contribution >= 4 is 11.6 Å². The number of benzene rings is 1. The van der Waals surface area contributed by atoms with E-state index in [-0.39, 0.29) is 25.7 Å². The molecule has 0 radical (unpaired) electrons. The van der Waals surface area contributed by atoms with Gasteiger partial charge in [0.2, 0.25) is 0 Å². The summed E-state index contributed by atoms with van der Waals surface area (Å²) in [7, 11) is 1.50. The van der Waals surface area contributed by atoms with E-state index in [0.29, 0.717) is 11.4 Å². The van der Waals surface area contributed by atoms with Gasteiger partial charge in [0.1, 0.15) is 5.75 Å². The molecule has 0 saturated carbocycles. The van der Waals surface area contributed by atoms with Crippen LogP contribution in [0, 0.1) is 0 Å². The molecule has 18 heavy (non-hydrogen) atoms. The Morgan fingerprint density at radius 1 is 1.56 bits per heavy atom. The summed E-state index contributed by atoms with van der Waals surface area (Å²) in [4.78, 5) is 11.5. The van der Waals surface area contributed by atoms with Crippen molar-refractivity contribution in [2.24, 2.45) is 0 Å². The van der Waals surface area contributed by atoms with E-state index < -0.39 is 6.04 Å². The number of nitrogen functional groups attached to an aromatic ring is 1. The van der Waals surface area contributed by atoms with E-state index in [4.69, 9.17) is 20.3 Å². The molecule has 1 rings (SSSR count). The Hall–Kier alpha value is -1.79. The van der Waals surface area contributed by atoms with Gasteiger partial charge in [0.25, 0.3) is 5.91 Å². The number of carbonyl (C=O) groups excluding carboxylic acids is 1. The molecule has 0 saturated heterocycles. The minimum Gasteiger partial charge on any atom is -0.484 e. The Morgan fingerprint density at radius 3 is 2.94 bits per heavy atom. The fraction of sp³-hybridized carbons (Fsp3) is 0.417. The Balaban J connectivity index is 2.36. The first-order valence-corrected chi connectivity index (χ1v) is 5.53. The lowest BCUT2D eigenvalue weighted by molar-refractivity contribution is -0.124. The molecule has 0 bridgehead atoms. The lowest BCUT2D eigenvalue weighted by Crippen LogP contribution is -2.42. The van der Waals surface area contributed by atoms with Crippen molar-refractivity contribution in [2.75, 3.05) is 32.7 Å². The monoisotopic (exact) mass is 254 g/mol. The van der Waals surface area contributed by atoms with Crippen molar-refractivity contribution in [1.82, 2.24) is 5.32 Å². The van der Waals surface area contributed by atoms with E-state index in [9.17, 15) is 4.79 Å². The van der Waals surface area contributed by atoms with Crippen LogP contribution >= 0.6 is 0 Å².